The average Bonchev–Trinajstić information content (AvgIpc) is 2.49. The van der Waals surface area contributed by atoms with Gasteiger partial charge in [-0.25, -0.2) is 0 Å². The summed E-state index contributed by atoms with van der Waals surface area (Å²) in [4.78, 5) is 4.54. The van der Waals surface area contributed by atoms with E-state index in [1.165, 1.54) is 36.0 Å². The van der Waals surface area contributed by atoms with Gasteiger partial charge >= 0.3 is 0 Å². The van der Waals surface area contributed by atoms with Crippen LogP contribution in [0.5, 0.6) is 0 Å². The van der Waals surface area contributed by atoms with Crippen molar-refractivity contribution in [1.29, 1.82) is 0 Å². The summed E-state index contributed by atoms with van der Waals surface area (Å²) in [5.74, 6) is 7.03. The van der Waals surface area contributed by atoms with Crippen molar-refractivity contribution in [2.75, 3.05) is 5.75 Å². The first kappa shape index (κ1) is 12.9. The van der Waals surface area contributed by atoms with Crippen LogP contribution in [-0.2, 0) is 0 Å². The van der Waals surface area contributed by atoms with E-state index in [1.54, 1.807) is 0 Å². The number of benzene rings is 1. The lowest BCUT2D eigenvalue weighted by Gasteiger charge is -2.29. The maximum atomic E-state index is 5.79. The number of hydrogen-bond donors (Lipinski definition) is 2. The molecule has 3 nitrogen and oxygen atoms in total. The number of aromatic nitrogens is 1. The van der Waals surface area contributed by atoms with E-state index in [1.807, 2.05) is 36.2 Å². The van der Waals surface area contributed by atoms with E-state index in [2.05, 4.69) is 22.5 Å². The second-order valence-corrected chi connectivity index (χ2v) is 6.36. The number of thioether (sulfide) groups is 1. The first-order valence-electron chi connectivity index (χ1n) is 6.81. The molecule has 3 rings (SSSR count). The van der Waals surface area contributed by atoms with E-state index in [0.717, 1.165) is 5.52 Å². The minimum absolute atomic E-state index is 0.197. The van der Waals surface area contributed by atoms with Crippen LogP contribution in [0.3, 0.4) is 0 Å². The zero-order valence-corrected chi connectivity index (χ0v) is 11.7. The Labute approximate surface area is 117 Å². The largest absolute Gasteiger partial charge is 0.271 e. The minimum Gasteiger partial charge on any atom is -0.271 e. The third kappa shape index (κ3) is 2.76. The standard InChI is InChI=1S/C15H19N3S/c16-18-15(14-7-3-4-8-19-14)12-9-11-5-1-2-6-13(11)17-10-12/h1-2,5-6,9-10,14-15,18H,3-4,7-8,16H2. The Kier molecular flexibility index (Phi) is 4.01. The number of rotatable bonds is 3. The molecule has 2 aromatic rings. The summed E-state index contributed by atoms with van der Waals surface area (Å²) in [5.41, 5.74) is 5.23. The van der Waals surface area contributed by atoms with E-state index in [4.69, 9.17) is 5.84 Å². The molecule has 1 aromatic heterocycles. The Morgan fingerprint density at radius 1 is 1.32 bits per heavy atom. The van der Waals surface area contributed by atoms with Crippen LogP contribution in [0.2, 0.25) is 0 Å². The SMILES string of the molecule is NNC(c1cnc2ccccc2c1)C1CCCCS1. The molecule has 0 saturated carbocycles. The second-order valence-electron chi connectivity index (χ2n) is 5.01. The van der Waals surface area contributed by atoms with Gasteiger partial charge in [0, 0.05) is 16.8 Å². The van der Waals surface area contributed by atoms with Crippen molar-refractivity contribution in [2.24, 2.45) is 5.84 Å². The average molecular weight is 273 g/mol. The lowest BCUT2D eigenvalue weighted by atomic mass is 10.00. The summed E-state index contributed by atoms with van der Waals surface area (Å²) in [7, 11) is 0. The molecule has 2 heterocycles. The van der Waals surface area contributed by atoms with Crippen molar-refractivity contribution in [2.45, 2.75) is 30.6 Å². The molecule has 2 unspecified atom stereocenters. The van der Waals surface area contributed by atoms with Crippen LogP contribution in [0.4, 0.5) is 0 Å². The Morgan fingerprint density at radius 3 is 3.00 bits per heavy atom. The number of nitrogens with zero attached hydrogens (tertiary/aromatic N) is 1. The van der Waals surface area contributed by atoms with Crippen LogP contribution >= 0.6 is 11.8 Å². The van der Waals surface area contributed by atoms with Gasteiger partial charge in [-0.3, -0.25) is 16.3 Å². The monoisotopic (exact) mass is 273 g/mol. The van der Waals surface area contributed by atoms with Crippen LogP contribution < -0.4 is 11.3 Å². The van der Waals surface area contributed by atoms with Crippen molar-refractivity contribution >= 4 is 22.7 Å². The molecule has 19 heavy (non-hydrogen) atoms. The Bertz CT molecular complexity index is 552. The van der Waals surface area contributed by atoms with E-state index in [-0.39, 0.29) is 6.04 Å². The van der Waals surface area contributed by atoms with Gasteiger partial charge < -0.3 is 0 Å². The molecule has 1 aliphatic heterocycles. The highest BCUT2D eigenvalue weighted by Crippen LogP contribution is 2.34. The normalized spacial score (nSPS) is 21.4. The van der Waals surface area contributed by atoms with Gasteiger partial charge in [0.05, 0.1) is 11.6 Å². The Morgan fingerprint density at radius 2 is 2.21 bits per heavy atom. The minimum atomic E-state index is 0.197. The van der Waals surface area contributed by atoms with Crippen molar-refractivity contribution in [3.05, 3.63) is 42.1 Å². The summed E-state index contributed by atoms with van der Waals surface area (Å²) >= 11 is 2.03. The molecule has 4 heteroatoms. The molecule has 1 aromatic carbocycles. The lowest BCUT2D eigenvalue weighted by molar-refractivity contribution is 0.491. The summed E-state index contributed by atoms with van der Waals surface area (Å²) in [5, 5.41) is 1.74. The van der Waals surface area contributed by atoms with Crippen LogP contribution in [-0.4, -0.2) is 16.0 Å². The topological polar surface area (TPSA) is 50.9 Å². The maximum absolute atomic E-state index is 5.79. The predicted molar refractivity (Wildman–Crippen MR) is 81.9 cm³/mol. The van der Waals surface area contributed by atoms with Crippen LogP contribution in [0.25, 0.3) is 10.9 Å². The highest BCUT2D eigenvalue weighted by molar-refractivity contribution is 8.00. The van der Waals surface area contributed by atoms with Crippen LogP contribution in [0.1, 0.15) is 30.9 Å². The van der Waals surface area contributed by atoms with Gasteiger partial charge in [0.1, 0.15) is 0 Å². The summed E-state index contributed by atoms with van der Waals surface area (Å²) < 4.78 is 0. The molecule has 0 amide bonds. The van der Waals surface area contributed by atoms with Gasteiger partial charge in [0.2, 0.25) is 0 Å². The lowest BCUT2D eigenvalue weighted by Crippen LogP contribution is -2.36. The number of nitrogens with one attached hydrogen (secondary N) is 1. The summed E-state index contributed by atoms with van der Waals surface area (Å²) in [6, 6.07) is 10.6. The summed E-state index contributed by atoms with van der Waals surface area (Å²) in [6.07, 6.45) is 5.82. The Hall–Kier alpha value is -1.10. The fraction of sp³-hybridized carbons (Fsp3) is 0.400. The fourth-order valence-electron chi connectivity index (χ4n) is 2.70. The molecule has 0 bridgehead atoms. The van der Waals surface area contributed by atoms with Crippen molar-refractivity contribution < 1.29 is 0 Å². The molecule has 3 N–H and O–H groups in total. The van der Waals surface area contributed by atoms with Crippen molar-refractivity contribution in [3.8, 4) is 0 Å². The quantitative estimate of drug-likeness (QED) is 0.666. The number of hydrazine groups is 1. The van der Waals surface area contributed by atoms with Gasteiger partial charge in [-0.2, -0.15) is 11.8 Å². The molecule has 1 aliphatic rings. The molecule has 1 fully saturated rings. The highest BCUT2D eigenvalue weighted by Gasteiger charge is 2.25. The maximum Gasteiger partial charge on any atom is 0.0702 e. The molecule has 1 saturated heterocycles. The molecule has 0 aliphatic carbocycles. The smallest absolute Gasteiger partial charge is 0.0702 e. The molecule has 2 atom stereocenters. The number of para-hydroxylation sites is 1. The Balaban J connectivity index is 1.91. The zero-order chi connectivity index (χ0) is 13.1. The first-order valence-corrected chi connectivity index (χ1v) is 7.86. The fourth-order valence-corrected chi connectivity index (χ4v) is 4.14. The van der Waals surface area contributed by atoms with Gasteiger partial charge in [0.25, 0.3) is 0 Å². The first-order chi connectivity index (χ1) is 9.38. The zero-order valence-electron chi connectivity index (χ0n) is 10.9. The third-order valence-electron chi connectivity index (χ3n) is 3.74. The third-order valence-corrected chi connectivity index (χ3v) is 5.20. The van der Waals surface area contributed by atoms with Crippen LogP contribution in [0, 0.1) is 0 Å². The van der Waals surface area contributed by atoms with E-state index in [0.29, 0.717) is 5.25 Å². The molecular formula is C15H19N3S. The van der Waals surface area contributed by atoms with Gasteiger partial charge in [0.15, 0.2) is 0 Å². The van der Waals surface area contributed by atoms with Crippen LogP contribution in [0.15, 0.2) is 36.5 Å². The van der Waals surface area contributed by atoms with Gasteiger partial charge in [-0.05, 0) is 36.3 Å². The van der Waals surface area contributed by atoms with Crippen molar-refractivity contribution in [1.82, 2.24) is 10.4 Å². The number of hydrogen-bond acceptors (Lipinski definition) is 4. The second kappa shape index (κ2) is 5.90. The molecule has 100 valence electrons. The predicted octanol–water partition coefficient (Wildman–Crippen LogP) is 3.02. The molecular weight excluding hydrogens is 254 g/mol. The van der Waals surface area contributed by atoms with Crippen molar-refractivity contribution in [3.63, 3.8) is 0 Å². The van der Waals surface area contributed by atoms with Gasteiger partial charge in [-0.1, -0.05) is 24.6 Å². The number of nitrogens with two attached hydrogens (primary N) is 1. The number of fused-ring (bicyclic) bond motifs is 1. The number of pyridine rings is 1. The molecule has 0 radical (unpaired) electrons. The molecule has 0 spiro atoms. The van der Waals surface area contributed by atoms with E-state index in [9.17, 15) is 0 Å². The van der Waals surface area contributed by atoms with Gasteiger partial charge in [-0.15, -0.1) is 0 Å². The highest BCUT2D eigenvalue weighted by atomic mass is 32.2. The van der Waals surface area contributed by atoms with E-state index >= 15 is 0 Å². The summed E-state index contributed by atoms with van der Waals surface area (Å²) in [6.45, 7) is 0. The van der Waals surface area contributed by atoms with E-state index < -0.39 is 0 Å².